The topological polar surface area (TPSA) is 9.72 Å². The Bertz CT molecular complexity index is 802. The van der Waals surface area contributed by atoms with Crippen molar-refractivity contribution in [3.05, 3.63) is 89.5 Å². The minimum Gasteiger partial charge on any atom is -0.378 e. The first kappa shape index (κ1) is 21.1. The molecular formula is C25H30ClN3. The van der Waals surface area contributed by atoms with Gasteiger partial charge in [0.05, 0.1) is 0 Å². The summed E-state index contributed by atoms with van der Waals surface area (Å²) in [5.74, 6) is 0. The summed E-state index contributed by atoms with van der Waals surface area (Å²) in [5, 5.41) is 0. The van der Waals surface area contributed by atoms with Crippen LogP contribution in [0.1, 0.15) is 16.7 Å². The van der Waals surface area contributed by atoms with Crippen molar-refractivity contribution in [1.29, 1.82) is 0 Å². The molecule has 3 aromatic carbocycles. The number of hydrogen-bond acceptors (Lipinski definition) is 3. The molecule has 152 valence electrons. The Hall–Kier alpha value is -2.65. The van der Waals surface area contributed by atoms with Crippen LogP contribution in [0.5, 0.6) is 0 Å². The van der Waals surface area contributed by atoms with E-state index in [0.29, 0.717) is 0 Å². The number of rotatable bonds is 6. The molecule has 0 aromatic heterocycles. The zero-order valence-electron chi connectivity index (χ0n) is 18.1. The van der Waals surface area contributed by atoms with Gasteiger partial charge in [-0.2, -0.15) is 0 Å². The lowest BCUT2D eigenvalue weighted by atomic mass is 9.84. The Balaban J connectivity index is 2.14. The predicted molar refractivity (Wildman–Crippen MR) is 128 cm³/mol. The lowest BCUT2D eigenvalue weighted by Crippen LogP contribution is -2.23. The molecular weight excluding hydrogens is 378 g/mol. The fraction of sp³-hybridized carbons (Fsp3) is 0.280. The molecule has 0 aliphatic heterocycles. The Labute approximate surface area is 180 Å². The van der Waals surface area contributed by atoms with Crippen LogP contribution in [0.3, 0.4) is 0 Å². The van der Waals surface area contributed by atoms with E-state index in [9.17, 15) is 0 Å². The van der Waals surface area contributed by atoms with Gasteiger partial charge in [0.1, 0.15) is 4.87 Å². The third-order valence-corrected chi connectivity index (χ3v) is 6.00. The lowest BCUT2D eigenvalue weighted by molar-refractivity contribution is 0.877. The van der Waals surface area contributed by atoms with Crippen molar-refractivity contribution in [2.75, 3.05) is 57.0 Å². The van der Waals surface area contributed by atoms with Gasteiger partial charge >= 0.3 is 0 Å². The first-order valence-corrected chi connectivity index (χ1v) is 10.1. The second-order valence-electron chi connectivity index (χ2n) is 7.98. The number of hydrogen-bond donors (Lipinski definition) is 0. The molecule has 0 aliphatic carbocycles. The Kier molecular flexibility index (Phi) is 6.09. The fourth-order valence-electron chi connectivity index (χ4n) is 3.47. The normalized spacial score (nSPS) is 11.3. The van der Waals surface area contributed by atoms with Crippen molar-refractivity contribution >= 4 is 28.7 Å². The average molecular weight is 408 g/mol. The predicted octanol–water partition coefficient (Wildman–Crippen LogP) is 5.42. The molecule has 0 saturated heterocycles. The summed E-state index contributed by atoms with van der Waals surface area (Å²) in [6.45, 7) is 0. The maximum atomic E-state index is 7.47. The first-order chi connectivity index (χ1) is 13.7. The third kappa shape index (κ3) is 4.20. The standard InChI is InChI=1S/C25H30ClN3/c1-27(2)22-13-7-19(8-14-22)25(26,20-9-15-23(16-10-20)28(3)4)21-11-17-24(18-12-21)29(5)6/h7-18H,1-6H3. The van der Waals surface area contributed by atoms with Gasteiger partial charge in [-0.1, -0.05) is 36.4 Å². The first-order valence-electron chi connectivity index (χ1n) is 9.76. The summed E-state index contributed by atoms with van der Waals surface area (Å²) in [5.41, 5.74) is 6.62. The lowest BCUT2D eigenvalue weighted by Gasteiger charge is -2.30. The van der Waals surface area contributed by atoms with Gasteiger partial charge in [-0.05, 0) is 53.1 Å². The molecule has 3 aromatic rings. The monoisotopic (exact) mass is 407 g/mol. The van der Waals surface area contributed by atoms with Crippen molar-refractivity contribution in [3.8, 4) is 0 Å². The van der Waals surface area contributed by atoms with Gasteiger partial charge in [-0.25, -0.2) is 0 Å². The van der Waals surface area contributed by atoms with E-state index < -0.39 is 4.87 Å². The highest BCUT2D eigenvalue weighted by molar-refractivity contribution is 6.28. The second kappa shape index (κ2) is 8.38. The molecule has 0 amide bonds. The van der Waals surface area contributed by atoms with Crippen molar-refractivity contribution in [1.82, 2.24) is 0 Å². The molecule has 4 heteroatoms. The van der Waals surface area contributed by atoms with Crippen molar-refractivity contribution in [2.24, 2.45) is 0 Å². The Morgan fingerprint density at radius 3 is 0.828 bits per heavy atom. The molecule has 0 aliphatic rings. The molecule has 0 atom stereocenters. The van der Waals surface area contributed by atoms with Crippen LogP contribution in [-0.4, -0.2) is 42.3 Å². The molecule has 0 unspecified atom stereocenters. The van der Waals surface area contributed by atoms with E-state index in [4.69, 9.17) is 11.6 Å². The molecule has 0 fully saturated rings. The molecule has 0 saturated carbocycles. The van der Waals surface area contributed by atoms with E-state index in [0.717, 1.165) is 33.8 Å². The number of anilines is 3. The minimum atomic E-state index is -0.763. The van der Waals surface area contributed by atoms with E-state index in [1.54, 1.807) is 0 Å². The van der Waals surface area contributed by atoms with E-state index in [-0.39, 0.29) is 0 Å². The number of benzene rings is 3. The van der Waals surface area contributed by atoms with Crippen LogP contribution in [0.25, 0.3) is 0 Å². The van der Waals surface area contributed by atoms with Crippen molar-refractivity contribution in [3.63, 3.8) is 0 Å². The highest BCUT2D eigenvalue weighted by Gasteiger charge is 2.34. The molecule has 3 rings (SSSR count). The van der Waals surface area contributed by atoms with Crippen molar-refractivity contribution in [2.45, 2.75) is 4.87 Å². The average Bonchev–Trinajstić information content (AvgIpc) is 2.73. The summed E-state index contributed by atoms with van der Waals surface area (Å²) < 4.78 is 0. The van der Waals surface area contributed by atoms with Gasteiger partial charge < -0.3 is 14.7 Å². The van der Waals surface area contributed by atoms with Crippen LogP contribution in [0, 0.1) is 0 Å². The van der Waals surface area contributed by atoms with Gasteiger partial charge in [-0.15, -0.1) is 11.6 Å². The Morgan fingerprint density at radius 2 is 0.655 bits per heavy atom. The van der Waals surface area contributed by atoms with E-state index in [1.165, 1.54) is 0 Å². The Morgan fingerprint density at radius 1 is 0.448 bits per heavy atom. The largest absolute Gasteiger partial charge is 0.378 e. The smallest absolute Gasteiger partial charge is 0.119 e. The van der Waals surface area contributed by atoms with Crippen LogP contribution in [0.2, 0.25) is 0 Å². The van der Waals surface area contributed by atoms with Crippen LogP contribution >= 0.6 is 11.6 Å². The summed E-state index contributed by atoms with van der Waals surface area (Å²) in [7, 11) is 12.3. The van der Waals surface area contributed by atoms with Gasteiger partial charge in [0.15, 0.2) is 0 Å². The summed E-state index contributed by atoms with van der Waals surface area (Å²) in [4.78, 5) is 5.52. The third-order valence-electron chi connectivity index (χ3n) is 5.34. The quantitative estimate of drug-likeness (QED) is 0.399. The second-order valence-corrected chi connectivity index (χ2v) is 8.55. The molecule has 0 radical (unpaired) electrons. The highest BCUT2D eigenvalue weighted by Crippen LogP contribution is 2.44. The fourth-order valence-corrected chi connectivity index (χ4v) is 3.85. The van der Waals surface area contributed by atoms with Gasteiger partial charge in [0.25, 0.3) is 0 Å². The minimum absolute atomic E-state index is 0.763. The zero-order chi connectivity index (χ0) is 21.2. The van der Waals surface area contributed by atoms with Crippen LogP contribution < -0.4 is 14.7 Å². The van der Waals surface area contributed by atoms with Crippen LogP contribution in [0.4, 0.5) is 17.1 Å². The van der Waals surface area contributed by atoms with Gasteiger partial charge in [0.2, 0.25) is 0 Å². The highest BCUT2D eigenvalue weighted by atomic mass is 35.5. The van der Waals surface area contributed by atoms with Crippen LogP contribution in [-0.2, 0) is 4.87 Å². The van der Waals surface area contributed by atoms with Crippen molar-refractivity contribution < 1.29 is 0 Å². The van der Waals surface area contributed by atoms with E-state index in [2.05, 4.69) is 87.5 Å². The van der Waals surface area contributed by atoms with Gasteiger partial charge in [0, 0.05) is 59.3 Å². The maximum Gasteiger partial charge on any atom is 0.119 e. The van der Waals surface area contributed by atoms with E-state index >= 15 is 0 Å². The van der Waals surface area contributed by atoms with Crippen LogP contribution in [0.15, 0.2) is 72.8 Å². The zero-order valence-corrected chi connectivity index (χ0v) is 18.9. The number of nitrogens with zero attached hydrogens (tertiary/aromatic N) is 3. The summed E-state index contributed by atoms with van der Waals surface area (Å²) >= 11 is 7.47. The maximum absolute atomic E-state index is 7.47. The SMILES string of the molecule is CN(C)c1ccc(C(Cl)(c2ccc(N(C)C)cc2)c2ccc(N(C)C)cc2)cc1. The van der Waals surface area contributed by atoms with Gasteiger partial charge in [-0.3, -0.25) is 0 Å². The molecule has 29 heavy (non-hydrogen) atoms. The van der Waals surface area contributed by atoms with E-state index in [1.807, 2.05) is 42.3 Å². The molecule has 0 heterocycles. The molecule has 0 N–H and O–H groups in total. The molecule has 3 nitrogen and oxygen atoms in total. The summed E-state index contributed by atoms with van der Waals surface area (Å²) in [6, 6.07) is 25.5. The number of halogens is 1. The number of alkyl halides is 1. The summed E-state index contributed by atoms with van der Waals surface area (Å²) in [6.07, 6.45) is 0. The molecule has 0 spiro atoms. The molecule has 0 bridgehead atoms.